The van der Waals surface area contributed by atoms with Crippen molar-refractivity contribution < 1.29 is 9.15 Å². The van der Waals surface area contributed by atoms with Gasteiger partial charge in [-0.15, -0.1) is 0 Å². The monoisotopic (exact) mass is 349 g/mol. The van der Waals surface area contributed by atoms with Crippen LogP contribution in [0.4, 0.5) is 0 Å². The Morgan fingerprint density at radius 3 is 2.68 bits per heavy atom. The zero-order chi connectivity index (χ0) is 17.8. The fraction of sp³-hybridized carbons (Fsp3) is 0.778. The van der Waals surface area contributed by atoms with Crippen molar-refractivity contribution in [2.45, 2.75) is 46.3 Å². The second kappa shape index (κ2) is 8.19. The summed E-state index contributed by atoms with van der Waals surface area (Å²) in [6.45, 7) is 12.2. The van der Waals surface area contributed by atoms with E-state index < -0.39 is 0 Å². The van der Waals surface area contributed by atoms with Crippen molar-refractivity contribution in [1.82, 2.24) is 14.8 Å². The molecule has 2 aliphatic heterocycles. The molecule has 2 fully saturated rings. The summed E-state index contributed by atoms with van der Waals surface area (Å²) in [6, 6.07) is 0. The van der Waals surface area contributed by atoms with Gasteiger partial charge in [-0.1, -0.05) is 0 Å². The van der Waals surface area contributed by atoms with Crippen LogP contribution in [-0.4, -0.2) is 66.2 Å². The van der Waals surface area contributed by atoms with Gasteiger partial charge in [-0.05, 0) is 52.6 Å². The molecule has 0 saturated carbocycles. The Kier molecular flexibility index (Phi) is 5.96. The van der Waals surface area contributed by atoms with E-state index in [0.29, 0.717) is 11.9 Å². The van der Waals surface area contributed by atoms with Crippen LogP contribution in [0.1, 0.15) is 37.1 Å². The van der Waals surface area contributed by atoms with E-state index in [2.05, 4.69) is 26.7 Å². The molecular weight excluding hydrogens is 318 g/mol. The lowest BCUT2D eigenvalue weighted by Crippen LogP contribution is -2.48. The lowest BCUT2D eigenvalue weighted by atomic mass is 9.97. The number of hydrogen-bond donors (Lipinski definition) is 1. The zero-order valence-electron chi connectivity index (χ0n) is 15.7. The first kappa shape index (κ1) is 18.2. The van der Waals surface area contributed by atoms with Crippen molar-refractivity contribution >= 4 is 5.96 Å². The van der Waals surface area contributed by atoms with Gasteiger partial charge in [0.25, 0.3) is 0 Å². The maximum atomic E-state index is 6.16. The van der Waals surface area contributed by atoms with Crippen LogP contribution in [0.5, 0.6) is 0 Å². The number of ether oxygens (including phenoxy) is 1. The largest absolute Gasteiger partial charge is 0.444 e. The van der Waals surface area contributed by atoms with Crippen molar-refractivity contribution in [3.63, 3.8) is 0 Å². The van der Waals surface area contributed by atoms with E-state index in [1.54, 1.807) is 0 Å². The quantitative estimate of drug-likeness (QED) is 0.656. The normalized spacial score (nSPS) is 24.0. The van der Waals surface area contributed by atoms with E-state index in [9.17, 15) is 0 Å². The van der Waals surface area contributed by atoms with Gasteiger partial charge in [-0.25, -0.2) is 4.98 Å². The van der Waals surface area contributed by atoms with Crippen molar-refractivity contribution in [3.8, 4) is 0 Å². The first-order valence-electron chi connectivity index (χ1n) is 9.33. The Morgan fingerprint density at radius 1 is 1.28 bits per heavy atom. The molecule has 0 radical (unpaired) electrons. The van der Waals surface area contributed by atoms with Gasteiger partial charge in [0.15, 0.2) is 5.96 Å². The van der Waals surface area contributed by atoms with E-state index in [1.165, 1.54) is 0 Å². The fourth-order valence-electron chi connectivity index (χ4n) is 3.47. The number of hydrogen-bond acceptors (Lipinski definition) is 5. The third kappa shape index (κ3) is 4.95. The first-order chi connectivity index (χ1) is 12.0. The van der Waals surface area contributed by atoms with Gasteiger partial charge in [-0.2, -0.15) is 0 Å². The highest BCUT2D eigenvalue weighted by Gasteiger charge is 2.22. The summed E-state index contributed by atoms with van der Waals surface area (Å²) >= 11 is 0. The summed E-state index contributed by atoms with van der Waals surface area (Å²) < 4.78 is 11.2. The number of aromatic nitrogens is 1. The predicted octanol–water partition coefficient (Wildman–Crippen LogP) is 1.54. The number of oxazole rings is 1. The number of nitrogens with two attached hydrogens (primary N) is 1. The second-order valence-electron chi connectivity index (χ2n) is 7.30. The van der Waals surface area contributed by atoms with Crippen LogP contribution in [0.25, 0.3) is 0 Å². The molecular formula is C18H31N5O2. The molecule has 140 valence electrons. The number of guanidine groups is 1. The molecule has 1 aromatic heterocycles. The highest BCUT2D eigenvalue weighted by molar-refractivity contribution is 5.78. The maximum absolute atomic E-state index is 6.16. The zero-order valence-corrected chi connectivity index (χ0v) is 15.7. The van der Waals surface area contributed by atoms with Gasteiger partial charge in [0.1, 0.15) is 5.76 Å². The Hall–Kier alpha value is -1.60. The van der Waals surface area contributed by atoms with E-state index in [4.69, 9.17) is 14.9 Å². The highest BCUT2D eigenvalue weighted by atomic mass is 16.5. The van der Waals surface area contributed by atoms with Crippen LogP contribution in [-0.2, 0) is 11.3 Å². The highest BCUT2D eigenvalue weighted by Crippen LogP contribution is 2.20. The molecule has 2 saturated heterocycles. The molecule has 0 spiro atoms. The smallest absolute Gasteiger partial charge is 0.208 e. The van der Waals surface area contributed by atoms with Crippen molar-refractivity contribution in [1.29, 1.82) is 0 Å². The van der Waals surface area contributed by atoms with Crippen molar-refractivity contribution in [2.24, 2.45) is 16.6 Å². The Morgan fingerprint density at radius 2 is 2.04 bits per heavy atom. The summed E-state index contributed by atoms with van der Waals surface area (Å²) in [5.74, 6) is 3.04. The van der Waals surface area contributed by atoms with Gasteiger partial charge in [0, 0.05) is 19.6 Å². The maximum Gasteiger partial charge on any atom is 0.208 e. The van der Waals surface area contributed by atoms with E-state index in [0.717, 1.165) is 76.1 Å². The molecule has 7 heteroatoms. The third-order valence-corrected chi connectivity index (χ3v) is 5.22. The molecule has 3 heterocycles. The minimum Gasteiger partial charge on any atom is -0.444 e. The Balaban J connectivity index is 1.42. The molecule has 2 N–H and O–H groups in total. The van der Waals surface area contributed by atoms with Crippen LogP contribution in [0.3, 0.4) is 0 Å². The number of aryl methyl sites for hydroxylation is 2. The molecule has 1 aromatic rings. The second-order valence-corrected chi connectivity index (χ2v) is 7.30. The van der Waals surface area contributed by atoms with Gasteiger partial charge in [0.05, 0.1) is 24.9 Å². The fourth-order valence-corrected chi connectivity index (χ4v) is 3.47. The summed E-state index contributed by atoms with van der Waals surface area (Å²) in [4.78, 5) is 13.7. The van der Waals surface area contributed by atoms with E-state index >= 15 is 0 Å². The van der Waals surface area contributed by atoms with Gasteiger partial charge in [0.2, 0.25) is 5.89 Å². The molecule has 1 atom stereocenters. The molecule has 0 bridgehead atoms. The number of nitrogens with zero attached hydrogens (tertiary/aromatic N) is 4. The van der Waals surface area contributed by atoms with E-state index in [-0.39, 0.29) is 6.10 Å². The summed E-state index contributed by atoms with van der Waals surface area (Å²) in [5.41, 5.74) is 7.16. The average molecular weight is 349 g/mol. The Bertz CT molecular complexity index is 573. The molecule has 25 heavy (non-hydrogen) atoms. The number of rotatable bonds is 4. The third-order valence-electron chi connectivity index (χ3n) is 5.22. The van der Waals surface area contributed by atoms with Gasteiger partial charge < -0.3 is 19.8 Å². The van der Waals surface area contributed by atoms with E-state index in [1.807, 2.05) is 13.8 Å². The first-order valence-corrected chi connectivity index (χ1v) is 9.33. The average Bonchev–Trinajstić information content (AvgIpc) is 2.91. The molecule has 7 nitrogen and oxygen atoms in total. The van der Waals surface area contributed by atoms with Gasteiger partial charge in [-0.3, -0.25) is 9.89 Å². The minimum atomic E-state index is 0.230. The lowest BCUT2D eigenvalue weighted by Gasteiger charge is -2.33. The standard InChI is InChI=1S/C18H31N5O2/c1-13-11-23(8-9-24-13)18(19)20-10-16-4-6-22(7-5-16)12-17-21-14(2)15(3)25-17/h13,16H,4-12H2,1-3H3,(H2,19,20). The summed E-state index contributed by atoms with van der Waals surface area (Å²) in [6.07, 6.45) is 2.53. The SMILES string of the molecule is Cc1nc(CN2CCC(CN=C(N)N3CCOC(C)C3)CC2)oc1C. The van der Waals surface area contributed by atoms with Crippen LogP contribution in [0.2, 0.25) is 0 Å². The molecule has 2 aliphatic rings. The van der Waals surface area contributed by atoms with Gasteiger partial charge >= 0.3 is 0 Å². The van der Waals surface area contributed by atoms with Crippen molar-refractivity contribution in [2.75, 3.05) is 39.3 Å². The lowest BCUT2D eigenvalue weighted by molar-refractivity contribution is 0.00525. The van der Waals surface area contributed by atoms with Crippen LogP contribution >= 0.6 is 0 Å². The molecule has 1 unspecified atom stereocenters. The number of aliphatic imine (C=N–C) groups is 1. The Labute approximate surface area is 150 Å². The van der Waals surface area contributed by atoms with Crippen LogP contribution in [0.15, 0.2) is 9.41 Å². The van der Waals surface area contributed by atoms with Crippen LogP contribution < -0.4 is 5.73 Å². The molecule has 0 aliphatic carbocycles. The molecule has 0 aromatic carbocycles. The minimum absolute atomic E-state index is 0.230. The molecule has 0 amide bonds. The van der Waals surface area contributed by atoms with Crippen molar-refractivity contribution in [3.05, 3.63) is 17.3 Å². The summed E-state index contributed by atoms with van der Waals surface area (Å²) in [5, 5.41) is 0. The molecule has 3 rings (SSSR count). The van der Waals surface area contributed by atoms with Crippen LogP contribution in [0, 0.1) is 19.8 Å². The topological polar surface area (TPSA) is 80.1 Å². The predicted molar refractivity (Wildman–Crippen MR) is 97.5 cm³/mol. The summed E-state index contributed by atoms with van der Waals surface area (Å²) in [7, 11) is 0. The number of likely N-dealkylation sites (tertiary alicyclic amines) is 1. The number of morpholine rings is 1. The number of piperidine rings is 1.